The van der Waals surface area contributed by atoms with Crippen molar-refractivity contribution in [2.75, 3.05) is 32.8 Å². The lowest BCUT2D eigenvalue weighted by atomic mass is 10.1. The van der Waals surface area contributed by atoms with Crippen LogP contribution in [0.1, 0.15) is 29.7 Å². The molecule has 0 bridgehead atoms. The molecule has 0 aromatic carbocycles. The van der Waals surface area contributed by atoms with E-state index in [1.54, 1.807) is 0 Å². The molecule has 1 aliphatic rings. The van der Waals surface area contributed by atoms with Crippen LogP contribution in [0.2, 0.25) is 0 Å². The summed E-state index contributed by atoms with van der Waals surface area (Å²) in [5.74, 6) is 0.955. The Morgan fingerprint density at radius 2 is 2.31 bits per heavy atom. The number of aryl methyl sites for hydroxylation is 2. The van der Waals surface area contributed by atoms with Crippen molar-refractivity contribution in [1.29, 1.82) is 0 Å². The molecule has 3 rings (SSSR count). The van der Waals surface area contributed by atoms with Gasteiger partial charge in [0.15, 0.2) is 5.96 Å². The van der Waals surface area contributed by atoms with Crippen molar-refractivity contribution in [2.24, 2.45) is 12.0 Å². The van der Waals surface area contributed by atoms with Crippen LogP contribution >= 0.6 is 0 Å². The minimum Gasteiger partial charge on any atom is -0.370 e. The van der Waals surface area contributed by atoms with Crippen molar-refractivity contribution >= 4 is 5.96 Å². The normalized spacial score (nSPS) is 18.2. The monoisotopic (exact) mass is 356 g/mol. The molecule has 7 nitrogen and oxygen atoms in total. The van der Waals surface area contributed by atoms with Gasteiger partial charge in [0, 0.05) is 50.8 Å². The Morgan fingerprint density at radius 3 is 3.04 bits per heavy atom. The molecule has 1 aliphatic heterocycles. The maximum Gasteiger partial charge on any atom is 0.194 e. The maximum atomic E-state index is 5.94. The summed E-state index contributed by atoms with van der Waals surface area (Å²) in [7, 11) is 1.93. The molecule has 0 amide bonds. The molecule has 1 fully saturated rings. The number of nitrogens with zero attached hydrogens (tertiary/aromatic N) is 5. The number of morpholine rings is 1. The van der Waals surface area contributed by atoms with Gasteiger partial charge in [-0.25, -0.2) is 0 Å². The predicted molar refractivity (Wildman–Crippen MR) is 102 cm³/mol. The molecule has 26 heavy (non-hydrogen) atoms. The highest BCUT2D eigenvalue weighted by Crippen LogP contribution is 2.21. The summed E-state index contributed by atoms with van der Waals surface area (Å²) in [5, 5.41) is 7.67. The average Bonchev–Trinajstić information content (AvgIpc) is 3.09. The van der Waals surface area contributed by atoms with E-state index in [1.165, 1.54) is 11.1 Å². The Bertz CT molecular complexity index is 741. The molecule has 1 saturated heterocycles. The smallest absolute Gasteiger partial charge is 0.194 e. The molecule has 0 saturated carbocycles. The van der Waals surface area contributed by atoms with Gasteiger partial charge in [-0.15, -0.1) is 0 Å². The SMILES string of the molecule is CCNC(=NCCc1ccncc1C)N1CCOC(c2cnn(C)c2)C1. The highest BCUT2D eigenvalue weighted by molar-refractivity contribution is 5.80. The number of hydrogen-bond donors (Lipinski definition) is 1. The van der Waals surface area contributed by atoms with Crippen LogP contribution in [0.15, 0.2) is 35.8 Å². The van der Waals surface area contributed by atoms with E-state index in [1.807, 2.05) is 36.5 Å². The zero-order valence-corrected chi connectivity index (χ0v) is 15.9. The lowest BCUT2D eigenvalue weighted by molar-refractivity contribution is -0.00803. The molecule has 7 heteroatoms. The summed E-state index contributed by atoms with van der Waals surface area (Å²) in [6.45, 7) is 8.11. The van der Waals surface area contributed by atoms with Crippen LogP contribution in [0.5, 0.6) is 0 Å². The Kier molecular flexibility index (Phi) is 6.22. The second-order valence-corrected chi connectivity index (χ2v) is 6.54. The zero-order valence-electron chi connectivity index (χ0n) is 15.9. The Balaban J connectivity index is 1.65. The Labute approximate surface area is 155 Å². The second kappa shape index (κ2) is 8.80. The molecule has 0 aliphatic carbocycles. The lowest BCUT2D eigenvalue weighted by Crippen LogP contribution is -2.48. The van der Waals surface area contributed by atoms with Crippen molar-refractivity contribution in [2.45, 2.75) is 26.4 Å². The summed E-state index contributed by atoms with van der Waals surface area (Å²) >= 11 is 0. The number of pyridine rings is 1. The summed E-state index contributed by atoms with van der Waals surface area (Å²) in [6, 6.07) is 2.07. The number of rotatable bonds is 5. The fraction of sp³-hybridized carbons (Fsp3) is 0.526. The molecule has 2 aromatic heterocycles. The Hall–Kier alpha value is -2.41. The van der Waals surface area contributed by atoms with Gasteiger partial charge in [0.1, 0.15) is 6.10 Å². The molecule has 3 heterocycles. The van der Waals surface area contributed by atoms with E-state index in [2.05, 4.69) is 40.2 Å². The number of nitrogens with one attached hydrogen (secondary N) is 1. The molecule has 2 aromatic rings. The van der Waals surface area contributed by atoms with Gasteiger partial charge in [0.05, 0.1) is 19.3 Å². The van der Waals surface area contributed by atoms with E-state index >= 15 is 0 Å². The van der Waals surface area contributed by atoms with Crippen molar-refractivity contribution < 1.29 is 4.74 Å². The molecule has 1 N–H and O–H groups in total. The van der Waals surface area contributed by atoms with Crippen molar-refractivity contribution in [3.8, 4) is 0 Å². The van der Waals surface area contributed by atoms with Gasteiger partial charge in [0.2, 0.25) is 0 Å². The molecule has 0 spiro atoms. The average molecular weight is 356 g/mol. The van der Waals surface area contributed by atoms with Crippen LogP contribution in [0.4, 0.5) is 0 Å². The third kappa shape index (κ3) is 4.60. The van der Waals surface area contributed by atoms with Crippen molar-refractivity contribution in [3.63, 3.8) is 0 Å². The van der Waals surface area contributed by atoms with Crippen molar-refractivity contribution in [1.82, 2.24) is 25.0 Å². The van der Waals surface area contributed by atoms with E-state index < -0.39 is 0 Å². The largest absolute Gasteiger partial charge is 0.370 e. The van der Waals surface area contributed by atoms with Crippen LogP contribution in [0.25, 0.3) is 0 Å². The number of aromatic nitrogens is 3. The first kappa shape index (κ1) is 18.4. The number of guanidine groups is 1. The van der Waals surface area contributed by atoms with Gasteiger partial charge in [-0.1, -0.05) is 0 Å². The first-order valence-electron chi connectivity index (χ1n) is 9.20. The van der Waals surface area contributed by atoms with E-state index in [9.17, 15) is 0 Å². The van der Waals surface area contributed by atoms with Gasteiger partial charge in [0.25, 0.3) is 0 Å². The minimum absolute atomic E-state index is 0.0312. The quantitative estimate of drug-likeness (QED) is 0.652. The number of aliphatic imine (C=N–C) groups is 1. The molecule has 1 unspecified atom stereocenters. The standard InChI is InChI=1S/C19H28N6O/c1-4-21-19(22-8-6-16-5-7-20-11-15(16)2)25-9-10-26-18(14-25)17-12-23-24(3)13-17/h5,7,11-13,18H,4,6,8-10,14H2,1-3H3,(H,21,22). The first-order valence-corrected chi connectivity index (χ1v) is 9.20. The summed E-state index contributed by atoms with van der Waals surface area (Å²) in [5.41, 5.74) is 3.63. The first-order chi connectivity index (χ1) is 12.7. The number of hydrogen-bond acceptors (Lipinski definition) is 4. The zero-order chi connectivity index (χ0) is 18.4. The third-order valence-electron chi connectivity index (χ3n) is 4.58. The Morgan fingerprint density at radius 1 is 1.42 bits per heavy atom. The van der Waals surface area contributed by atoms with Crippen LogP contribution in [-0.4, -0.2) is 58.4 Å². The van der Waals surface area contributed by atoms with E-state index in [4.69, 9.17) is 9.73 Å². The highest BCUT2D eigenvalue weighted by Gasteiger charge is 2.25. The fourth-order valence-corrected chi connectivity index (χ4v) is 3.14. The molecule has 1 atom stereocenters. The van der Waals surface area contributed by atoms with Crippen LogP contribution in [-0.2, 0) is 18.2 Å². The third-order valence-corrected chi connectivity index (χ3v) is 4.58. The van der Waals surface area contributed by atoms with Gasteiger partial charge < -0.3 is 15.0 Å². The highest BCUT2D eigenvalue weighted by atomic mass is 16.5. The molecular weight excluding hydrogens is 328 g/mol. The van der Waals surface area contributed by atoms with Crippen LogP contribution < -0.4 is 5.32 Å². The number of ether oxygens (including phenoxy) is 1. The lowest BCUT2D eigenvalue weighted by Gasteiger charge is -2.34. The van der Waals surface area contributed by atoms with Gasteiger partial charge in [-0.3, -0.25) is 14.7 Å². The minimum atomic E-state index is 0.0312. The predicted octanol–water partition coefficient (Wildman–Crippen LogP) is 1.71. The maximum absolute atomic E-state index is 5.94. The van der Waals surface area contributed by atoms with E-state index in [-0.39, 0.29) is 6.10 Å². The van der Waals surface area contributed by atoms with Crippen molar-refractivity contribution in [3.05, 3.63) is 47.5 Å². The topological polar surface area (TPSA) is 67.6 Å². The van der Waals surface area contributed by atoms with E-state index in [0.717, 1.165) is 44.1 Å². The summed E-state index contributed by atoms with van der Waals surface area (Å²) in [6.07, 6.45) is 8.60. The van der Waals surface area contributed by atoms with Crippen LogP contribution in [0, 0.1) is 6.92 Å². The summed E-state index contributed by atoms with van der Waals surface area (Å²) in [4.78, 5) is 11.3. The van der Waals surface area contributed by atoms with Gasteiger partial charge in [-0.05, 0) is 37.5 Å². The molecular formula is C19H28N6O. The fourth-order valence-electron chi connectivity index (χ4n) is 3.14. The van der Waals surface area contributed by atoms with E-state index in [0.29, 0.717) is 6.61 Å². The second-order valence-electron chi connectivity index (χ2n) is 6.54. The molecule has 0 radical (unpaired) electrons. The van der Waals surface area contributed by atoms with Gasteiger partial charge >= 0.3 is 0 Å². The van der Waals surface area contributed by atoms with Crippen LogP contribution in [0.3, 0.4) is 0 Å². The van der Waals surface area contributed by atoms with Gasteiger partial charge in [-0.2, -0.15) is 5.10 Å². The molecule has 140 valence electrons. The summed E-state index contributed by atoms with van der Waals surface area (Å²) < 4.78 is 7.75.